The van der Waals surface area contributed by atoms with Crippen LogP contribution in [0.3, 0.4) is 0 Å². The van der Waals surface area contributed by atoms with Gasteiger partial charge in [0, 0.05) is 19.5 Å². The zero-order valence-electron chi connectivity index (χ0n) is 13.5. The van der Waals surface area contributed by atoms with Gasteiger partial charge >= 0.3 is 6.03 Å². The second kappa shape index (κ2) is 7.46. The molecule has 1 aliphatic heterocycles. The van der Waals surface area contributed by atoms with Gasteiger partial charge in [0.2, 0.25) is 0 Å². The third-order valence-corrected chi connectivity index (χ3v) is 4.26. The Morgan fingerprint density at radius 2 is 2.35 bits per heavy atom. The van der Waals surface area contributed by atoms with Gasteiger partial charge < -0.3 is 19.9 Å². The molecule has 0 saturated carbocycles. The Balaban J connectivity index is 1.44. The van der Waals surface area contributed by atoms with Gasteiger partial charge in [0.25, 0.3) is 0 Å². The molecule has 2 heterocycles. The van der Waals surface area contributed by atoms with Crippen LogP contribution >= 0.6 is 0 Å². The number of benzene rings is 1. The van der Waals surface area contributed by atoms with Crippen LogP contribution in [-0.2, 0) is 11.2 Å². The molecule has 23 heavy (non-hydrogen) atoms. The summed E-state index contributed by atoms with van der Waals surface area (Å²) in [5, 5.41) is 3.01. The van der Waals surface area contributed by atoms with E-state index < -0.39 is 0 Å². The lowest BCUT2D eigenvalue weighted by atomic mass is 10.2. The topological polar surface area (TPSA) is 70.2 Å². The number of H-pyrrole nitrogens is 1. The number of aromatic amines is 1. The number of morpholine rings is 1. The van der Waals surface area contributed by atoms with E-state index >= 15 is 0 Å². The maximum Gasteiger partial charge on any atom is 0.317 e. The summed E-state index contributed by atoms with van der Waals surface area (Å²) >= 11 is 0. The first-order valence-electron chi connectivity index (χ1n) is 8.33. The highest BCUT2D eigenvalue weighted by molar-refractivity contribution is 5.75. The molecular formula is C17H24N4O2. The molecule has 2 amide bonds. The van der Waals surface area contributed by atoms with E-state index in [0.717, 1.165) is 36.1 Å². The number of nitrogens with one attached hydrogen (secondary N) is 2. The number of carbonyl (C=O) groups is 1. The molecule has 0 unspecified atom stereocenters. The molecule has 1 saturated heterocycles. The number of hydrogen-bond donors (Lipinski definition) is 2. The summed E-state index contributed by atoms with van der Waals surface area (Å²) < 4.78 is 5.43. The van der Waals surface area contributed by atoms with Crippen molar-refractivity contribution < 1.29 is 9.53 Å². The van der Waals surface area contributed by atoms with Crippen LogP contribution in [0.4, 0.5) is 4.79 Å². The molecule has 0 aliphatic carbocycles. The van der Waals surface area contributed by atoms with Gasteiger partial charge in [-0.3, -0.25) is 0 Å². The van der Waals surface area contributed by atoms with Gasteiger partial charge in [0.05, 0.1) is 30.3 Å². The van der Waals surface area contributed by atoms with Gasteiger partial charge in [-0.1, -0.05) is 19.1 Å². The zero-order chi connectivity index (χ0) is 16.1. The zero-order valence-corrected chi connectivity index (χ0v) is 13.5. The van der Waals surface area contributed by atoms with E-state index in [0.29, 0.717) is 26.3 Å². The van der Waals surface area contributed by atoms with E-state index in [1.165, 1.54) is 0 Å². The number of amides is 2. The van der Waals surface area contributed by atoms with E-state index in [2.05, 4.69) is 22.2 Å². The number of ether oxygens (including phenoxy) is 1. The normalized spacial score (nSPS) is 18.3. The monoisotopic (exact) mass is 316 g/mol. The van der Waals surface area contributed by atoms with Crippen molar-refractivity contribution in [2.24, 2.45) is 0 Å². The van der Waals surface area contributed by atoms with Crippen molar-refractivity contribution in [1.29, 1.82) is 0 Å². The predicted octanol–water partition coefficient (Wildman–Crippen LogP) is 2.32. The fourth-order valence-corrected chi connectivity index (χ4v) is 2.94. The minimum atomic E-state index is 0.0183. The first-order valence-corrected chi connectivity index (χ1v) is 8.33. The molecule has 124 valence electrons. The fourth-order valence-electron chi connectivity index (χ4n) is 2.94. The number of carbonyl (C=O) groups excluding carboxylic acids is 1. The molecule has 3 rings (SSSR count). The summed E-state index contributed by atoms with van der Waals surface area (Å²) in [5.41, 5.74) is 2.05. The van der Waals surface area contributed by atoms with Crippen molar-refractivity contribution in [1.82, 2.24) is 20.2 Å². The molecule has 2 aromatic rings. The summed E-state index contributed by atoms with van der Waals surface area (Å²) in [5.74, 6) is 0.971. The second-order valence-corrected chi connectivity index (χ2v) is 5.87. The van der Waals surface area contributed by atoms with Gasteiger partial charge in [0.1, 0.15) is 5.82 Å². The largest absolute Gasteiger partial charge is 0.377 e. The van der Waals surface area contributed by atoms with E-state index in [-0.39, 0.29) is 12.1 Å². The maximum absolute atomic E-state index is 12.3. The molecule has 6 nitrogen and oxygen atoms in total. The van der Waals surface area contributed by atoms with Gasteiger partial charge in [-0.2, -0.15) is 0 Å². The number of fused-ring (bicyclic) bond motifs is 1. The van der Waals surface area contributed by atoms with Gasteiger partial charge in [-0.05, 0) is 25.0 Å². The molecule has 2 N–H and O–H groups in total. The third kappa shape index (κ3) is 3.82. The Hall–Kier alpha value is -2.08. The Morgan fingerprint density at radius 3 is 3.17 bits per heavy atom. The second-order valence-electron chi connectivity index (χ2n) is 5.87. The summed E-state index contributed by atoms with van der Waals surface area (Å²) in [7, 11) is 0. The Labute approximate surface area is 136 Å². The van der Waals surface area contributed by atoms with Crippen molar-refractivity contribution in [3.63, 3.8) is 0 Å². The number of nitrogens with zero attached hydrogens (tertiary/aromatic N) is 2. The number of aromatic nitrogens is 2. The van der Waals surface area contributed by atoms with E-state index in [1.54, 1.807) is 0 Å². The molecule has 6 heteroatoms. The predicted molar refractivity (Wildman–Crippen MR) is 89.4 cm³/mol. The first-order chi connectivity index (χ1) is 11.3. The van der Waals surface area contributed by atoms with Crippen molar-refractivity contribution in [3.8, 4) is 0 Å². The first kappa shape index (κ1) is 15.8. The maximum atomic E-state index is 12.3. The summed E-state index contributed by atoms with van der Waals surface area (Å²) in [6.45, 7) is 4.69. The van der Waals surface area contributed by atoms with E-state index in [1.807, 2.05) is 29.2 Å². The van der Waals surface area contributed by atoms with Crippen LogP contribution in [0, 0.1) is 0 Å². The number of hydrogen-bond acceptors (Lipinski definition) is 3. The average Bonchev–Trinajstić information content (AvgIpc) is 3.01. The molecule has 1 fully saturated rings. The van der Waals surface area contributed by atoms with Crippen LogP contribution in [0.1, 0.15) is 25.6 Å². The van der Waals surface area contributed by atoms with Crippen molar-refractivity contribution >= 4 is 17.1 Å². The van der Waals surface area contributed by atoms with Gasteiger partial charge in [0.15, 0.2) is 0 Å². The number of imidazole rings is 1. The third-order valence-electron chi connectivity index (χ3n) is 4.26. The van der Waals surface area contributed by atoms with Crippen LogP contribution < -0.4 is 5.32 Å². The molecule has 1 aromatic heterocycles. The number of rotatable bonds is 5. The minimum absolute atomic E-state index is 0.0183. The highest BCUT2D eigenvalue weighted by Crippen LogP contribution is 2.12. The lowest BCUT2D eigenvalue weighted by Gasteiger charge is -2.35. The lowest BCUT2D eigenvalue weighted by Crippen LogP contribution is -2.52. The van der Waals surface area contributed by atoms with Crippen LogP contribution in [-0.4, -0.2) is 53.2 Å². The van der Waals surface area contributed by atoms with Crippen LogP contribution in [0.5, 0.6) is 0 Å². The Kier molecular flexibility index (Phi) is 5.12. The Bertz CT molecular complexity index is 622. The molecule has 1 aromatic carbocycles. The SMILES string of the molecule is CC[C@@H]1COCCN1C(=O)NCCCc1nc2ccccc2[nH]1. The lowest BCUT2D eigenvalue weighted by molar-refractivity contribution is 0.0113. The number of aryl methyl sites for hydroxylation is 1. The molecule has 0 spiro atoms. The summed E-state index contributed by atoms with van der Waals surface area (Å²) in [6, 6.07) is 8.22. The highest BCUT2D eigenvalue weighted by atomic mass is 16.5. The smallest absolute Gasteiger partial charge is 0.317 e. The molecule has 1 atom stereocenters. The highest BCUT2D eigenvalue weighted by Gasteiger charge is 2.25. The van der Waals surface area contributed by atoms with Crippen molar-refractivity contribution in [2.75, 3.05) is 26.3 Å². The van der Waals surface area contributed by atoms with Crippen LogP contribution in [0.25, 0.3) is 11.0 Å². The fraction of sp³-hybridized carbons (Fsp3) is 0.529. The van der Waals surface area contributed by atoms with Gasteiger partial charge in [-0.15, -0.1) is 0 Å². The van der Waals surface area contributed by atoms with Crippen molar-refractivity contribution in [3.05, 3.63) is 30.1 Å². The van der Waals surface area contributed by atoms with Crippen LogP contribution in [0.15, 0.2) is 24.3 Å². The molecule has 0 bridgehead atoms. The van der Waals surface area contributed by atoms with E-state index in [9.17, 15) is 4.79 Å². The van der Waals surface area contributed by atoms with E-state index in [4.69, 9.17) is 4.74 Å². The Morgan fingerprint density at radius 1 is 1.48 bits per heavy atom. The summed E-state index contributed by atoms with van der Waals surface area (Å²) in [6.07, 6.45) is 2.62. The van der Waals surface area contributed by atoms with Crippen LogP contribution in [0.2, 0.25) is 0 Å². The molecular weight excluding hydrogens is 292 g/mol. The number of para-hydroxylation sites is 2. The molecule has 0 radical (unpaired) electrons. The molecule has 1 aliphatic rings. The number of urea groups is 1. The quantitative estimate of drug-likeness (QED) is 0.832. The standard InChI is InChI=1S/C17H24N4O2/c1-2-13-12-23-11-10-21(13)17(22)18-9-5-8-16-19-14-6-3-4-7-15(14)20-16/h3-4,6-7,13H,2,5,8-12H2,1H3,(H,18,22)(H,19,20)/t13-/m1/s1. The minimum Gasteiger partial charge on any atom is -0.377 e. The van der Waals surface area contributed by atoms with Gasteiger partial charge in [-0.25, -0.2) is 9.78 Å². The van der Waals surface area contributed by atoms with Crippen molar-refractivity contribution in [2.45, 2.75) is 32.2 Å². The summed E-state index contributed by atoms with van der Waals surface area (Å²) in [4.78, 5) is 22.0. The average molecular weight is 316 g/mol.